The summed E-state index contributed by atoms with van der Waals surface area (Å²) in [5, 5.41) is -0.132. The van der Waals surface area contributed by atoms with Crippen molar-refractivity contribution in [1.29, 1.82) is 0 Å². The summed E-state index contributed by atoms with van der Waals surface area (Å²) in [4.78, 5) is 14.0. The van der Waals surface area contributed by atoms with Crippen molar-refractivity contribution in [3.05, 3.63) is 27.2 Å². The van der Waals surface area contributed by atoms with Crippen LogP contribution in [0.4, 0.5) is 0 Å². The number of benzene rings is 1. The normalized spacial score (nSPS) is 15.0. The molecule has 0 atom stereocenters. The predicted molar refractivity (Wildman–Crippen MR) is 86.5 cm³/mol. The highest BCUT2D eigenvalue weighted by atomic mass is 79.9. The van der Waals surface area contributed by atoms with Crippen LogP contribution >= 0.6 is 38.2 Å². The molecule has 0 saturated heterocycles. The van der Waals surface area contributed by atoms with E-state index in [2.05, 4.69) is 15.9 Å². The second-order valence-corrected chi connectivity index (χ2v) is 8.82. The van der Waals surface area contributed by atoms with Gasteiger partial charge in [-0.2, -0.15) is 0 Å². The first kappa shape index (κ1) is 17.1. The SMILES string of the molecule is CCN(CC1CC1)C(=O)c1cc(Br)cc(S(=O)(=O)Cl)c1Cl. The van der Waals surface area contributed by atoms with Crippen molar-refractivity contribution in [3.8, 4) is 0 Å². The first-order chi connectivity index (χ1) is 9.74. The highest BCUT2D eigenvalue weighted by Crippen LogP contribution is 2.34. The van der Waals surface area contributed by atoms with Crippen molar-refractivity contribution in [2.45, 2.75) is 24.7 Å². The van der Waals surface area contributed by atoms with Crippen LogP contribution in [-0.4, -0.2) is 32.3 Å². The second kappa shape index (κ2) is 6.44. The van der Waals surface area contributed by atoms with Gasteiger partial charge in [-0.3, -0.25) is 4.79 Å². The van der Waals surface area contributed by atoms with Crippen molar-refractivity contribution in [1.82, 2.24) is 4.90 Å². The molecule has 21 heavy (non-hydrogen) atoms. The third kappa shape index (κ3) is 4.12. The zero-order valence-electron chi connectivity index (χ0n) is 11.3. The first-order valence-electron chi connectivity index (χ1n) is 6.47. The Morgan fingerprint density at radius 1 is 1.43 bits per heavy atom. The molecule has 0 aromatic heterocycles. The van der Waals surface area contributed by atoms with Crippen LogP contribution in [0.25, 0.3) is 0 Å². The number of rotatable bonds is 5. The van der Waals surface area contributed by atoms with E-state index in [1.165, 1.54) is 12.1 Å². The number of carbonyl (C=O) groups excluding carboxylic acids is 1. The predicted octanol–water partition coefficient (Wildman–Crippen LogP) is 3.90. The highest BCUT2D eigenvalue weighted by molar-refractivity contribution is 9.10. The fourth-order valence-corrected chi connectivity index (χ4v) is 4.21. The number of halogens is 3. The molecule has 1 aromatic rings. The molecule has 116 valence electrons. The van der Waals surface area contributed by atoms with Gasteiger partial charge < -0.3 is 4.90 Å². The molecular formula is C13H14BrCl2NO3S. The van der Waals surface area contributed by atoms with Crippen LogP contribution in [0.5, 0.6) is 0 Å². The molecule has 0 spiro atoms. The van der Waals surface area contributed by atoms with Crippen molar-refractivity contribution in [2.24, 2.45) is 5.92 Å². The van der Waals surface area contributed by atoms with E-state index in [0.717, 1.165) is 12.8 Å². The summed E-state index contributed by atoms with van der Waals surface area (Å²) in [6.07, 6.45) is 2.24. The van der Waals surface area contributed by atoms with Gasteiger partial charge in [-0.1, -0.05) is 27.5 Å². The summed E-state index contributed by atoms with van der Waals surface area (Å²) in [6, 6.07) is 2.81. The van der Waals surface area contributed by atoms with Gasteiger partial charge >= 0.3 is 0 Å². The lowest BCUT2D eigenvalue weighted by atomic mass is 10.2. The van der Waals surface area contributed by atoms with Crippen molar-refractivity contribution in [2.75, 3.05) is 13.1 Å². The molecule has 1 aromatic carbocycles. The molecule has 0 radical (unpaired) electrons. The van der Waals surface area contributed by atoms with Crippen LogP contribution in [0, 0.1) is 5.92 Å². The van der Waals surface area contributed by atoms with Gasteiger partial charge in [0.25, 0.3) is 15.0 Å². The maximum Gasteiger partial charge on any atom is 0.262 e. The average molecular weight is 415 g/mol. The lowest BCUT2D eigenvalue weighted by molar-refractivity contribution is 0.0757. The summed E-state index contributed by atoms with van der Waals surface area (Å²) < 4.78 is 23.5. The number of nitrogens with zero attached hydrogens (tertiary/aromatic N) is 1. The zero-order valence-corrected chi connectivity index (χ0v) is 15.2. The molecule has 1 fully saturated rings. The Labute approximate surface area is 142 Å². The average Bonchev–Trinajstić information content (AvgIpc) is 3.20. The Balaban J connectivity index is 2.42. The van der Waals surface area contributed by atoms with Crippen LogP contribution in [0.1, 0.15) is 30.1 Å². The largest absolute Gasteiger partial charge is 0.339 e. The monoisotopic (exact) mass is 413 g/mol. The number of carbonyl (C=O) groups is 1. The number of hydrogen-bond acceptors (Lipinski definition) is 3. The van der Waals surface area contributed by atoms with Gasteiger partial charge in [0.15, 0.2) is 0 Å². The fourth-order valence-electron chi connectivity index (χ4n) is 2.04. The summed E-state index contributed by atoms with van der Waals surface area (Å²) >= 11 is 9.27. The van der Waals surface area contributed by atoms with Gasteiger partial charge in [0.1, 0.15) is 4.90 Å². The van der Waals surface area contributed by atoms with E-state index in [9.17, 15) is 13.2 Å². The van der Waals surface area contributed by atoms with Crippen LogP contribution in [0.15, 0.2) is 21.5 Å². The van der Waals surface area contributed by atoms with E-state index >= 15 is 0 Å². The van der Waals surface area contributed by atoms with Crippen LogP contribution < -0.4 is 0 Å². The van der Waals surface area contributed by atoms with E-state index in [1.807, 2.05) is 6.92 Å². The molecule has 0 bridgehead atoms. The molecule has 8 heteroatoms. The van der Waals surface area contributed by atoms with E-state index in [-0.39, 0.29) is 21.4 Å². The van der Waals surface area contributed by atoms with Crippen LogP contribution in [-0.2, 0) is 9.05 Å². The molecule has 2 rings (SSSR count). The molecule has 4 nitrogen and oxygen atoms in total. The first-order valence-corrected chi connectivity index (χ1v) is 9.95. The molecule has 1 aliphatic rings. The van der Waals surface area contributed by atoms with Crippen molar-refractivity contribution < 1.29 is 13.2 Å². The van der Waals surface area contributed by atoms with Gasteiger partial charge in [0.05, 0.1) is 10.6 Å². The molecule has 1 aliphatic carbocycles. The number of hydrogen-bond donors (Lipinski definition) is 0. The van der Waals surface area contributed by atoms with Crippen LogP contribution in [0.3, 0.4) is 0 Å². The maximum absolute atomic E-state index is 12.6. The summed E-state index contributed by atoms with van der Waals surface area (Å²) in [6.45, 7) is 3.09. The Hall–Kier alpha value is -0.300. The van der Waals surface area contributed by atoms with Crippen molar-refractivity contribution in [3.63, 3.8) is 0 Å². The fraction of sp³-hybridized carbons (Fsp3) is 0.462. The summed E-state index contributed by atoms with van der Waals surface area (Å²) in [5.74, 6) is 0.258. The summed E-state index contributed by atoms with van der Waals surface area (Å²) in [7, 11) is 1.35. The molecule has 0 unspecified atom stereocenters. The van der Waals surface area contributed by atoms with E-state index < -0.39 is 9.05 Å². The summed E-state index contributed by atoms with van der Waals surface area (Å²) in [5.41, 5.74) is 0.146. The minimum Gasteiger partial charge on any atom is -0.339 e. The third-order valence-corrected chi connectivity index (χ3v) is 5.66. The van der Waals surface area contributed by atoms with E-state index in [4.69, 9.17) is 22.3 Å². The number of amides is 1. The topological polar surface area (TPSA) is 54.5 Å². The molecule has 0 heterocycles. The molecule has 1 amide bonds. The Bertz CT molecular complexity index is 674. The van der Waals surface area contributed by atoms with Crippen molar-refractivity contribution >= 4 is 53.2 Å². The second-order valence-electron chi connectivity index (χ2n) is 4.99. The third-order valence-electron chi connectivity index (χ3n) is 3.34. The Morgan fingerprint density at radius 3 is 2.52 bits per heavy atom. The zero-order chi connectivity index (χ0) is 15.8. The van der Waals surface area contributed by atoms with Gasteiger partial charge in [-0.05, 0) is 37.8 Å². The van der Waals surface area contributed by atoms with E-state index in [1.54, 1.807) is 4.90 Å². The lowest BCUT2D eigenvalue weighted by Gasteiger charge is -2.22. The van der Waals surface area contributed by atoms with E-state index in [0.29, 0.717) is 23.5 Å². The van der Waals surface area contributed by atoms with Gasteiger partial charge in [0, 0.05) is 28.2 Å². The van der Waals surface area contributed by atoms with Gasteiger partial charge in [-0.15, -0.1) is 0 Å². The van der Waals surface area contributed by atoms with Gasteiger partial charge in [-0.25, -0.2) is 8.42 Å². The molecule has 1 saturated carbocycles. The maximum atomic E-state index is 12.6. The quantitative estimate of drug-likeness (QED) is 0.686. The van der Waals surface area contributed by atoms with Crippen LogP contribution in [0.2, 0.25) is 5.02 Å². The molecule has 0 N–H and O–H groups in total. The Morgan fingerprint density at radius 2 is 2.05 bits per heavy atom. The Kier molecular flexibility index (Phi) is 5.23. The molecular weight excluding hydrogens is 401 g/mol. The standard InChI is InChI=1S/C13H14BrCl2NO3S/c1-2-17(7-8-3-4-8)13(18)10-5-9(14)6-11(12(10)15)21(16,19)20/h5-6,8H,2-4,7H2,1H3. The minimum atomic E-state index is -4.02. The lowest BCUT2D eigenvalue weighted by Crippen LogP contribution is -2.33. The smallest absolute Gasteiger partial charge is 0.262 e. The molecule has 0 aliphatic heterocycles. The highest BCUT2D eigenvalue weighted by Gasteiger charge is 2.29. The minimum absolute atomic E-state index is 0.132. The van der Waals surface area contributed by atoms with Gasteiger partial charge in [0.2, 0.25) is 0 Å².